The Morgan fingerprint density at radius 3 is 2.34 bits per heavy atom. The summed E-state index contributed by atoms with van der Waals surface area (Å²) in [6.45, 7) is 2.28. The number of ether oxygens (including phenoxy) is 2. The van der Waals surface area contributed by atoms with Crippen LogP contribution < -0.4 is 19.7 Å². The third-order valence-electron chi connectivity index (χ3n) is 4.97. The van der Waals surface area contributed by atoms with Crippen molar-refractivity contribution in [2.45, 2.75) is 6.92 Å². The van der Waals surface area contributed by atoms with Gasteiger partial charge in [-0.3, -0.25) is 9.59 Å². The summed E-state index contributed by atoms with van der Waals surface area (Å²) in [5, 5.41) is 3.08. The maximum atomic E-state index is 13.9. The number of carbonyl (C=O) groups is 2. The molecule has 0 radical (unpaired) electrons. The summed E-state index contributed by atoms with van der Waals surface area (Å²) in [5.41, 5.74) is 1.30. The quantitative estimate of drug-likeness (QED) is 0.552. The molecule has 1 heterocycles. The highest BCUT2D eigenvalue weighted by atomic mass is 19.1. The second kappa shape index (κ2) is 8.93. The minimum atomic E-state index is -0.604. The predicted molar refractivity (Wildman–Crippen MR) is 120 cm³/mol. The molecule has 0 fully saturated rings. The van der Waals surface area contributed by atoms with Crippen LogP contribution in [0.5, 0.6) is 11.5 Å². The van der Waals surface area contributed by atoms with Crippen molar-refractivity contribution in [2.75, 3.05) is 23.9 Å². The summed E-state index contributed by atoms with van der Waals surface area (Å²) in [7, 11) is 1.49. The fraction of sp³-hybridized carbons (Fsp3) is 0.120. The van der Waals surface area contributed by atoms with Crippen LogP contribution in [0.3, 0.4) is 0 Å². The van der Waals surface area contributed by atoms with Gasteiger partial charge in [-0.2, -0.15) is 0 Å². The Morgan fingerprint density at radius 1 is 0.906 bits per heavy atom. The third kappa shape index (κ3) is 3.80. The number of carbonyl (C=O) groups excluding carboxylic acids is 2. The van der Waals surface area contributed by atoms with Crippen LogP contribution in [0.4, 0.5) is 15.8 Å². The van der Waals surface area contributed by atoms with Crippen molar-refractivity contribution >= 4 is 28.8 Å². The standard InChI is InChI=1S/C25H21FN2O4/c1-3-32-21-14-7-5-12-19(21)27-23-22(18-11-4-6-13-20(18)31-2)24(29)28(25(23)30)17-10-8-9-16(26)15-17/h4-15,27H,3H2,1-2H3. The molecule has 0 atom stereocenters. The van der Waals surface area contributed by atoms with E-state index >= 15 is 0 Å². The van der Waals surface area contributed by atoms with E-state index in [2.05, 4.69) is 5.32 Å². The van der Waals surface area contributed by atoms with Gasteiger partial charge in [-0.1, -0.05) is 36.4 Å². The second-order valence-corrected chi connectivity index (χ2v) is 6.93. The van der Waals surface area contributed by atoms with Gasteiger partial charge in [0.05, 0.1) is 30.7 Å². The number of nitrogens with one attached hydrogen (secondary N) is 1. The largest absolute Gasteiger partial charge is 0.496 e. The summed E-state index contributed by atoms with van der Waals surface area (Å²) in [5.74, 6) is -0.771. The molecular formula is C25H21FN2O4. The monoisotopic (exact) mass is 432 g/mol. The molecule has 0 bridgehead atoms. The number of hydrogen-bond acceptors (Lipinski definition) is 5. The van der Waals surface area contributed by atoms with Crippen molar-refractivity contribution in [2.24, 2.45) is 0 Å². The summed E-state index contributed by atoms with van der Waals surface area (Å²) in [4.78, 5) is 27.9. The van der Waals surface area contributed by atoms with Gasteiger partial charge < -0.3 is 14.8 Å². The maximum absolute atomic E-state index is 13.9. The van der Waals surface area contributed by atoms with Crippen molar-refractivity contribution in [3.05, 3.63) is 89.9 Å². The van der Waals surface area contributed by atoms with Crippen molar-refractivity contribution in [3.63, 3.8) is 0 Å². The van der Waals surface area contributed by atoms with Crippen LogP contribution in [0, 0.1) is 5.82 Å². The van der Waals surface area contributed by atoms with Crippen LogP contribution >= 0.6 is 0 Å². The van der Waals surface area contributed by atoms with Gasteiger partial charge in [-0.05, 0) is 43.3 Å². The molecular weight excluding hydrogens is 411 g/mol. The smallest absolute Gasteiger partial charge is 0.282 e. The first-order valence-corrected chi connectivity index (χ1v) is 10.1. The molecule has 0 spiro atoms. The molecule has 4 rings (SSSR count). The average Bonchev–Trinajstić information content (AvgIpc) is 3.04. The highest BCUT2D eigenvalue weighted by Crippen LogP contribution is 2.38. The summed E-state index contributed by atoms with van der Waals surface area (Å²) >= 11 is 0. The van der Waals surface area contributed by atoms with E-state index in [-0.39, 0.29) is 17.0 Å². The summed E-state index contributed by atoms with van der Waals surface area (Å²) in [6, 6.07) is 19.4. The Labute approximate surface area is 184 Å². The zero-order chi connectivity index (χ0) is 22.7. The number of rotatable bonds is 7. The molecule has 1 aliphatic rings. The van der Waals surface area contributed by atoms with E-state index in [0.29, 0.717) is 29.4 Å². The van der Waals surface area contributed by atoms with E-state index in [9.17, 15) is 14.0 Å². The number of methoxy groups -OCH3 is 1. The van der Waals surface area contributed by atoms with Gasteiger partial charge in [0.1, 0.15) is 23.0 Å². The Bertz CT molecular complexity index is 1220. The predicted octanol–water partition coefficient (Wildman–Crippen LogP) is 4.63. The van der Waals surface area contributed by atoms with Crippen LogP contribution in [0.2, 0.25) is 0 Å². The number of halogens is 1. The highest BCUT2D eigenvalue weighted by Gasteiger charge is 2.41. The average molecular weight is 432 g/mol. The first-order chi connectivity index (χ1) is 15.5. The van der Waals surface area contributed by atoms with Crippen LogP contribution in [0.1, 0.15) is 12.5 Å². The van der Waals surface area contributed by atoms with Crippen molar-refractivity contribution < 1.29 is 23.5 Å². The maximum Gasteiger partial charge on any atom is 0.282 e. The fourth-order valence-corrected chi connectivity index (χ4v) is 3.58. The molecule has 1 aliphatic heterocycles. The van der Waals surface area contributed by atoms with E-state index < -0.39 is 17.6 Å². The molecule has 0 unspecified atom stereocenters. The lowest BCUT2D eigenvalue weighted by Gasteiger charge is -2.16. The molecule has 3 aromatic rings. The fourth-order valence-electron chi connectivity index (χ4n) is 3.58. The van der Waals surface area contributed by atoms with E-state index in [1.807, 2.05) is 13.0 Å². The Morgan fingerprint density at radius 2 is 1.62 bits per heavy atom. The molecule has 0 aromatic heterocycles. The SMILES string of the molecule is CCOc1ccccc1NC1=C(c2ccccc2OC)C(=O)N(c2cccc(F)c2)C1=O. The van der Waals surface area contributed by atoms with E-state index in [1.54, 1.807) is 42.5 Å². The topological polar surface area (TPSA) is 67.9 Å². The van der Waals surface area contributed by atoms with Crippen LogP contribution in [-0.2, 0) is 9.59 Å². The number of anilines is 2. The molecule has 6 nitrogen and oxygen atoms in total. The number of hydrogen-bond donors (Lipinski definition) is 1. The van der Waals surface area contributed by atoms with Gasteiger partial charge in [0.2, 0.25) is 0 Å². The van der Waals surface area contributed by atoms with Gasteiger partial charge >= 0.3 is 0 Å². The third-order valence-corrected chi connectivity index (χ3v) is 4.97. The van der Waals surface area contributed by atoms with Gasteiger partial charge in [-0.15, -0.1) is 0 Å². The molecule has 0 saturated carbocycles. The van der Waals surface area contributed by atoms with E-state index in [1.165, 1.54) is 25.3 Å². The lowest BCUT2D eigenvalue weighted by Crippen LogP contribution is -2.32. The van der Waals surface area contributed by atoms with Crippen molar-refractivity contribution in [3.8, 4) is 11.5 Å². The number of imide groups is 1. The zero-order valence-electron chi connectivity index (χ0n) is 17.6. The molecule has 32 heavy (non-hydrogen) atoms. The molecule has 1 N–H and O–H groups in total. The molecule has 162 valence electrons. The number of benzene rings is 3. The normalized spacial score (nSPS) is 13.5. The molecule has 3 aromatic carbocycles. The Kier molecular flexibility index (Phi) is 5.89. The summed E-state index contributed by atoms with van der Waals surface area (Å²) in [6.07, 6.45) is 0. The Balaban J connectivity index is 1.87. The Hall–Kier alpha value is -4.13. The number of nitrogens with zero attached hydrogens (tertiary/aromatic N) is 1. The van der Waals surface area contributed by atoms with Crippen LogP contribution in [0.25, 0.3) is 5.57 Å². The van der Waals surface area contributed by atoms with Crippen LogP contribution in [0.15, 0.2) is 78.5 Å². The van der Waals surface area contributed by atoms with Crippen molar-refractivity contribution in [1.29, 1.82) is 0 Å². The lowest BCUT2D eigenvalue weighted by atomic mass is 10.0. The van der Waals surface area contributed by atoms with Gasteiger partial charge in [0.25, 0.3) is 11.8 Å². The lowest BCUT2D eigenvalue weighted by molar-refractivity contribution is -0.120. The first-order valence-electron chi connectivity index (χ1n) is 10.1. The molecule has 7 heteroatoms. The molecule has 0 saturated heterocycles. The zero-order valence-corrected chi connectivity index (χ0v) is 17.6. The van der Waals surface area contributed by atoms with Gasteiger partial charge in [0.15, 0.2) is 0 Å². The van der Waals surface area contributed by atoms with E-state index in [0.717, 1.165) is 11.0 Å². The minimum Gasteiger partial charge on any atom is -0.496 e. The molecule has 0 aliphatic carbocycles. The number of amides is 2. The highest BCUT2D eigenvalue weighted by molar-refractivity contribution is 6.46. The number of para-hydroxylation sites is 3. The summed E-state index contributed by atoms with van der Waals surface area (Å²) < 4.78 is 25.0. The van der Waals surface area contributed by atoms with Crippen molar-refractivity contribution in [1.82, 2.24) is 0 Å². The van der Waals surface area contributed by atoms with E-state index in [4.69, 9.17) is 9.47 Å². The van der Waals surface area contributed by atoms with Crippen LogP contribution in [-0.4, -0.2) is 25.5 Å². The minimum absolute atomic E-state index is 0.0518. The van der Waals surface area contributed by atoms with Gasteiger partial charge in [-0.25, -0.2) is 9.29 Å². The van der Waals surface area contributed by atoms with Gasteiger partial charge in [0, 0.05) is 5.56 Å². The molecule has 2 amide bonds. The second-order valence-electron chi connectivity index (χ2n) is 6.93. The first kappa shape index (κ1) is 21.1.